The first-order chi connectivity index (χ1) is 10.1. The van der Waals surface area contributed by atoms with Gasteiger partial charge in [-0.05, 0) is 30.9 Å². The van der Waals surface area contributed by atoms with E-state index in [-0.39, 0.29) is 24.0 Å². The molecule has 1 aliphatic heterocycles. The number of halogens is 1. The molecule has 1 N–H and O–H groups in total. The van der Waals surface area contributed by atoms with E-state index in [2.05, 4.69) is 36.0 Å². The highest BCUT2D eigenvalue weighted by Crippen LogP contribution is 2.28. The number of nitrogens with zero attached hydrogens (tertiary/aromatic N) is 2. The van der Waals surface area contributed by atoms with E-state index in [0.717, 1.165) is 31.3 Å². The monoisotopic (exact) mass is 417 g/mol. The van der Waals surface area contributed by atoms with Crippen LogP contribution in [0.1, 0.15) is 27.2 Å². The highest BCUT2D eigenvalue weighted by molar-refractivity contribution is 14.0. The first-order valence-electron chi connectivity index (χ1n) is 7.82. The van der Waals surface area contributed by atoms with Gasteiger partial charge in [0, 0.05) is 19.6 Å². The Morgan fingerprint density at radius 1 is 1.32 bits per heavy atom. The molecule has 0 atom stereocenters. The summed E-state index contributed by atoms with van der Waals surface area (Å²) in [6.07, 6.45) is 1.22. The summed E-state index contributed by atoms with van der Waals surface area (Å²) in [5, 5.41) is 3.38. The summed E-state index contributed by atoms with van der Waals surface area (Å²) in [4.78, 5) is 7.04. The molecule has 22 heavy (non-hydrogen) atoms. The number of hydrogen-bond acceptors (Lipinski definition) is 2. The van der Waals surface area contributed by atoms with Gasteiger partial charge in [-0.2, -0.15) is 0 Å². The zero-order chi connectivity index (χ0) is 15.1. The molecule has 1 heterocycles. The topological polar surface area (TPSA) is 36.9 Å². The van der Waals surface area contributed by atoms with Crippen molar-refractivity contribution in [3.8, 4) is 5.75 Å². The molecule has 124 valence electrons. The van der Waals surface area contributed by atoms with Gasteiger partial charge in [0.2, 0.25) is 0 Å². The van der Waals surface area contributed by atoms with E-state index in [0.29, 0.717) is 18.6 Å². The maximum atomic E-state index is 5.68. The highest BCUT2D eigenvalue weighted by atomic mass is 127. The smallest absolute Gasteiger partial charge is 0.194 e. The van der Waals surface area contributed by atoms with Crippen molar-refractivity contribution in [2.45, 2.75) is 27.2 Å². The second kappa shape index (κ2) is 9.22. The molecule has 0 unspecified atom stereocenters. The van der Waals surface area contributed by atoms with Crippen molar-refractivity contribution < 1.29 is 4.74 Å². The van der Waals surface area contributed by atoms with Crippen LogP contribution in [0, 0.1) is 5.41 Å². The van der Waals surface area contributed by atoms with Crippen LogP contribution in [-0.2, 0) is 0 Å². The van der Waals surface area contributed by atoms with Gasteiger partial charge in [-0.25, -0.2) is 4.99 Å². The van der Waals surface area contributed by atoms with Crippen LogP contribution in [0.25, 0.3) is 0 Å². The van der Waals surface area contributed by atoms with E-state index in [1.165, 1.54) is 6.42 Å². The van der Waals surface area contributed by atoms with Crippen LogP contribution in [0.5, 0.6) is 5.75 Å². The average molecular weight is 417 g/mol. The Morgan fingerprint density at radius 3 is 2.64 bits per heavy atom. The SMILES string of the molecule is CCNC(=NCCOc1ccccc1)N1CCC(C)(C)C1.I. The largest absolute Gasteiger partial charge is 0.492 e. The molecule has 1 aromatic rings. The third-order valence-corrected chi connectivity index (χ3v) is 3.68. The quantitative estimate of drug-likeness (QED) is 0.346. The number of hydrogen-bond donors (Lipinski definition) is 1. The molecule has 0 amide bonds. The third-order valence-electron chi connectivity index (χ3n) is 3.68. The number of aliphatic imine (C=N–C) groups is 1. The van der Waals surface area contributed by atoms with Crippen LogP contribution in [0.3, 0.4) is 0 Å². The number of para-hydroxylation sites is 1. The second-order valence-corrected chi connectivity index (χ2v) is 6.23. The standard InChI is InChI=1S/C17H27N3O.HI/c1-4-18-16(20-12-10-17(2,3)14-20)19-11-13-21-15-8-6-5-7-9-15;/h5-9H,4,10-14H2,1-3H3,(H,18,19);1H. The van der Waals surface area contributed by atoms with Crippen molar-refractivity contribution in [1.29, 1.82) is 0 Å². The van der Waals surface area contributed by atoms with Gasteiger partial charge in [-0.15, -0.1) is 24.0 Å². The maximum absolute atomic E-state index is 5.68. The van der Waals surface area contributed by atoms with Gasteiger partial charge < -0.3 is 15.0 Å². The summed E-state index contributed by atoms with van der Waals surface area (Å²) in [6, 6.07) is 9.89. The second-order valence-electron chi connectivity index (χ2n) is 6.23. The van der Waals surface area contributed by atoms with Crippen LogP contribution in [0.2, 0.25) is 0 Å². The fraction of sp³-hybridized carbons (Fsp3) is 0.588. The minimum Gasteiger partial charge on any atom is -0.492 e. The predicted molar refractivity (Wildman–Crippen MR) is 103 cm³/mol. The molecule has 0 aliphatic carbocycles. The van der Waals surface area contributed by atoms with Crippen molar-refractivity contribution in [1.82, 2.24) is 10.2 Å². The number of likely N-dealkylation sites (tertiary alicyclic amines) is 1. The van der Waals surface area contributed by atoms with Crippen LogP contribution < -0.4 is 10.1 Å². The lowest BCUT2D eigenvalue weighted by molar-refractivity contribution is 0.326. The number of rotatable bonds is 5. The molecule has 0 saturated carbocycles. The molecular formula is C17H28IN3O. The molecule has 2 rings (SSSR count). The van der Waals surface area contributed by atoms with Crippen LogP contribution in [0.4, 0.5) is 0 Å². The summed E-state index contributed by atoms with van der Waals surface area (Å²) >= 11 is 0. The highest BCUT2D eigenvalue weighted by Gasteiger charge is 2.30. The number of nitrogens with one attached hydrogen (secondary N) is 1. The van der Waals surface area contributed by atoms with Crippen molar-refractivity contribution in [2.24, 2.45) is 10.4 Å². The average Bonchev–Trinajstić information content (AvgIpc) is 2.83. The lowest BCUT2D eigenvalue weighted by Crippen LogP contribution is -2.41. The Labute approximate surface area is 151 Å². The van der Waals surface area contributed by atoms with Crippen molar-refractivity contribution in [3.63, 3.8) is 0 Å². The summed E-state index contributed by atoms with van der Waals surface area (Å²) < 4.78 is 5.68. The van der Waals surface area contributed by atoms with Gasteiger partial charge in [0.1, 0.15) is 12.4 Å². The number of ether oxygens (including phenoxy) is 1. The van der Waals surface area contributed by atoms with Gasteiger partial charge in [-0.1, -0.05) is 32.0 Å². The summed E-state index contributed by atoms with van der Waals surface area (Å²) in [5.74, 6) is 1.92. The van der Waals surface area contributed by atoms with E-state index < -0.39 is 0 Å². The van der Waals surface area contributed by atoms with E-state index >= 15 is 0 Å². The van der Waals surface area contributed by atoms with E-state index in [1.54, 1.807) is 0 Å². The summed E-state index contributed by atoms with van der Waals surface area (Å²) in [7, 11) is 0. The normalized spacial score (nSPS) is 17.0. The van der Waals surface area contributed by atoms with E-state index in [9.17, 15) is 0 Å². The zero-order valence-corrected chi connectivity index (χ0v) is 16.2. The predicted octanol–water partition coefficient (Wildman–Crippen LogP) is 3.38. The third kappa shape index (κ3) is 6.02. The molecule has 1 aromatic carbocycles. The zero-order valence-electron chi connectivity index (χ0n) is 13.8. The fourth-order valence-electron chi connectivity index (χ4n) is 2.55. The molecule has 4 nitrogen and oxygen atoms in total. The fourth-order valence-corrected chi connectivity index (χ4v) is 2.55. The summed E-state index contributed by atoms with van der Waals surface area (Å²) in [6.45, 7) is 11.1. The Kier molecular flexibility index (Phi) is 8.00. The minimum atomic E-state index is 0. The Balaban J connectivity index is 0.00000242. The van der Waals surface area contributed by atoms with Gasteiger partial charge in [0.15, 0.2) is 5.96 Å². The molecule has 1 fully saturated rings. The van der Waals surface area contributed by atoms with E-state index in [1.807, 2.05) is 30.3 Å². The lowest BCUT2D eigenvalue weighted by atomic mass is 9.93. The molecule has 1 aliphatic rings. The van der Waals surface area contributed by atoms with Crippen molar-refractivity contribution >= 4 is 29.9 Å². The first kappa shape index (κ1) is 19.1. The maximum Gasteiger partial charge on any atom is 0.194 e. The van der Waals surface area contributed by atoms with E-state index in [4.69, 9.17) is 4.74 Å². The van der Waals surface area contributed by atoms with Gasteiger partial charge in [0.05, 0.1) is 6.54 Å². The molecular weight excluding hydrogens is 389 g/mol. The van der Waals surface area contributed by atoms with Gasteiger partial charge in [-0.3, -0.25) is 0 Å². The van der Waals surface area contributed by atoms with Crippen LogP contribution in [-0.4, -0.2) is 43.6 Å². The lowest BCUT2D eigenvalue weighted by Gasteiger charge is -2.23. The van der Waals surface area contributed by atoms with Crippen molar-refractivity contribution in [2.75, 3.05) is 32.8 Å². The van der Waals surface area contributed by atoms with Crippen LogP contribution >= 0.6 is 24.0 Å². The Bertz CT molecular complexity index is 462. The molecule has 0 aromatic heterocycles. The molecule has 0 radical (unpaired) electrons. The van der Waals surface area contributed by atoms with Crippen molar-refractivity contribution in [3.05, 3.63) is 30.3 Å². The number of guanidine groups is 1. The molecule has 0 bridgehead atoms. The van der Waals surface area contributed by atoms with Gasteiger partial charge in [0.25, 0.3) is 0 Å². The Morgan fingerprint density at radius 2 is 2.05 bits per heavy atom. The minimum absolute atomic E-state index is 0. The van der Waals surface area contributed by atoms with Crippen LogP contribution in [0.15, 0.2) is 35.3 Å². The molecule has 5 heteroatoms. The first-order valence-corrected chi connectivity index (χ1v) is 7.82. The summed E-state index contributed by atoms with van der Waals surface area (Å²) in [5.41, 5.74) is 0.386. The number of benzene rings is 1. The van der Waals surface area contributed by atoms with Gasteiger partial charge >= 0.3 is 0 Å². The molecule has 1 saturated heterocycles. The Hall–Kier alpha value is -0.980. The molecule has 0 spiro atoms.